The summed E-state index contributed by atoms with van der Waals surface area (Å²) in [5, 5.41) is 2.93. The molecule has 166 valence electrons. The average molecular weight is 430 g/mol. The van der Waals surface area contributed by atoms with Crippen molar-refractivity contribution in [2.45, 2.75) is 39.7 Å². The van der Waals surface area contributed by atoms with Gasteiger partial charge >= 0.3 is 0 Å². The first kappa shape index (κ1) is 22.9. The van der Waals surface area contributed by atoms with E-state index in [2.05, 4.69) is 5.32 Å². The van der Waals surface area contributed by atoms with Crippen molar-refractivity contribution in [1.82, 2.24) is 4.90 Å². The first-order valence-corrected chi connectivity index (χ1v) is 10.5. The number of nitrogens with two attached hydrogens (primary N) is 1. The van der Waals surface area contributed by atoms with E-state index in [-0.39, 0.29) is 23.9 Å². The highest BCUT2D eigenvalue weighted by Crippen LogP contribution is 2.28. The van der Waals surface area contributed by atoms with Crippen LogP contribution in [0.4, 0.5) is 14.5 Å². The van der Waals surface area contributed by atoms with Gasteiger partial charge in [0.25, 0.3) is 5.91 Å². The van der Waals surface area contributed by atoms with Crippen LogP contribution in [-0.4, -0.2) is 29.8 Å². The predicted octanol–water partition coefficient (Wildman–Crippen LogP) is 4.33. The third-order valence-corrected chi connectivity index (χ3v) is 5.61. The summed E-state index contributed by atoms with van der Waals surface area (Å²) in [6.07, 6.45) is 2.89. The molecule has 3 N–H and O–H groups in total. The second-order valence-corrected chi connectivity index (χ2v) is 9.01. The largest absolute Gasteiger partial charge is 0.334 e. The SMILES string of the molecule is CC(C)(CN)CN(Cc1cccc(NC(=O)C2CCC2)c1)C(=O)c1cc(F)cc(F)c1. The summed E-state index contributed by atoms with van der Waals surface area (Å²) in [5.41, 5.74) is 6.87. The van der Waals surface area contributed by atoms with Crippen LogP contribution in [0.25, 0.3) is 0 Å². The molecule has 5 nitrogen and oxygen atoms in total. The molecule has 0 radical (unpaired) electrons. The molecule has 0 heterocycles. The van der Waals surface area contributed by atoms with E-state index in [1.165, 1.54) is 4.90 Å². The highest BCUT2D eigenvalue weighted by atomic mass is 19.1. The van der Waals surface area contributed by atoms with Crippen molar-refractivity contribution in [3.05, 3.63) is 65.2 Å². The second-order valence-electron chi connectivity index (χ2n) is 9.01. The predicted molar refractivity (Wildman–Crippen MR) is 116 cm³/mol. The molecule has 0 aromatic heterocycles. The highest BCUT2D eigenvalue weighted by Gasteiger charge is 2.27. The van der Waals surface area contributed by atoms with Crippen molar-refractivity contribution < 1.29 is 18.4 Å². The summed E-state index contributed by atoms with van der Waals surface area (Å²) in [7, 11) is 0. The molecule has 31 heavy (non-hydrogen) atoms. The van der Waals surface area contributed by atoms with Crippen LogP contribution in [0.3, 0.4) is 0 Å². The van der Waals surface area contributed by atoms with Crippen LogP contribution >= 0.6 is 0 Å². The molecule has 2 aromatic rings. The Bertz CT molecular complexity index is 937. The number of nitrogens with zero attached hydrogens (tertiary/aromatic N) is 1. The third-order valence-electron chi connectivity index (χ3n) is 5.61. The van der Waals surface area contributed by atoms with Gasteiger partial charge in [0.05, 0.1) is 0 Å². The summed E-state index contributed by atoms with van der Waals surface area (Å²) < 4.78 is 27.4. The van der Waals surface area contributed by atoms with Crippen molar-refractivity contribution in [1.29, 1.82) is 0 Å². The average Bonchev–Trinajstić information content (AvgIpc) is 2.65. The number of anilines is 1. The Balaban J connectivity index is 1.82. The monoisotopic (exact) mass is 429 g/mol. The number of nitrogens with one attached hydrogen (secondary N) is 1. The lowest BCUT2D eigenvalue weighted by molar-refractivity contribution is -0.122. The standard InChI is InChI=1S/C24H29F2N3O2/c1-24(2,14-27)15-29(23(31)18-10-19(25)12-20(26)11-18)13-16-5-3-8-21(9-16)28-22(30)17-6-4-7-17/h3,5,8-12,17H,4,6-7,13-15,27H2,1-2H3,(H,28,30). The number of carbonyl (C=O) groups excluding carboxylic acids is 2. The zero-order valence-corrected chi connectivity index (χ0v) is 18.0. The number of benzene rings is 2. The van der Waals surface area contributed by atoms with Crippen molar-refractivity contribution >= 4 is 17.5 Å². The van der Waals surface area contributed by atoms with Crippen LogP contribution in [0.5, 0.6) is 0 Å². The molecule has 2 aromatic carbocycles. The fraction of sp³-hybridized carbons (Fsp3) is 0.417. The van der Waals surface area contributed by atoms with Crippen LogP contribution in [0.1, 0.15) is 49.0 Å². The normalized spacial score (nSPS) is 14.1. The topological polar surface area (TPSA) is 75.4 Å². The maximum Gasteiger partial charge on any atom is 0.254 e. The van der Waals surface area contributed by atoms with Crippen LogP contribution in [0, 0.1) is 23.0 Å². The quantitative estimate of drug-likeness (QED) is 0.656. The molecule has 1 aliphatic rings. The Kier molecular flexibility index (Phi) is 7.05. The van der Waals surface area contributed by atoms with Gasteiger partial charge in [-0.2, -0.15) is 0 Å². The van der Waals surface area contributed by atoms with Crippen LogP contribution in [0.15, 0.2) is 42.5 Å². The van der Waals surface area contributed by atoms with Gasteiger partial charge in [-0.15, -0.1) is 0 Å². The molecular formula is C24H29F2N3O2. The van der Waals surface area contributed by atoms with Crippen LogP contribution < -0.4 is 11.1 Å². The molecule has 0 aliphatic heterocycles. The third kappa shape index (κ3) is 6.10. The number of rotatable bonds is 8. The fourth-order valence-electron chi connectivity index (χ4n) is 3.52. The van der Waals surface area contributed by atoms with E-state index in [9.17, 15) is 18.4 Å². The van der Waals surface area contributed by atoms with Crippen LogP contribution in [0.2, 0.25) is 0 Å². The Labute approximate surface area is 181 Å². The number of hydrogen-bond acceptors (Lipinski definition) is 3. The lowest BCUT2D eigenvalue weighted by Gasteiger charge is -2.32. The lowest BCUT2D eigenvalue weighted by atomic mass is 9.85. The van der Waals surface area contributed by atoms with Crippen molar-refractivity contribution in [2.24, 2.45) is 17.1 Å². The smallest absolute Gasteiger partial charge is 0.254 e. The molecule has 3 rings (SSSR count). The van der Waals surface area contributed by atoms with Crippen molar-refractivity contribution in [2.75, 3.05) is 18.4 Å². The number of carbonyl (C=O) groups is 2. The van der Waals surface area contributed by atoms with Crippen molar-refractivity contribution in [3.63, 3.8) is 0 Å². The molecule has 1 fully saturated rings. The second kappa shape index (κ2) is 9.56. The van der Waals surface area contributed by atoms with E-state index >= 15 is 0 Å². The molecule has 1 aliphatic carbocycles. The lowest BCUT2D eigenvalue weighted by Crippen LogP contribution is -2.41. The zero-order chi connectivity index (χ0) is 22.6. The summed E-state index contributed by atoms with van der Waals surface area (Å²) >= 11 is 0. The first-order chi connectivity index (χ1) is 14.7. The van der Waals surface area contributed by atoms with E-state index in [1.807, 2.05) is 32.0 Å². The summed E-state index contributed by atoms with van der Waals surface area (Å²) in [4.78, 5) is 26.9. The van der Waals surface area contributed by atoms with Gasteiger partial charge < -0.3 is 16.0 Å². The first-order valence-electron chi connectivity index (χ1n) is 10.5. The highest BCUT2D eigenvalue weighted by molar-refractivity contribution is 5.94. The molecule has 7 heteroatoms. The van der Waals surface area contributed by atoms with Gasteiger partial charge in [-0.05, 0) is 54.6 Å². The Morgan fingerprint density at radius 2 is 1.81 bits per heavy atom. The molecule has 0 spiro atoms. The molecule has 0 atom stereocenters. The molecule has 0 saturated heterocycles. The van der Waals surface area contributed by atoms with E-state index < -0.39 is 23.0 Å². The Morgan fingerprint density at radius 3 is 2.39 bits per heavy atom. The van der Waals surface area contributed by atoms with Gasteiger partial charge in [-0.3, -0.25) is 9.59 Å². The van der Waals surface area contributed by atoms with Crippen LogP contribution in [-0.2, 0) is 11.3 Å². The minimum absolute atomic E-state index is 0.0100. The van der Waals surface area contributed by atoms with Gasteiger partial charge in [-0.25, -0.2) is 8.78 Å². The van der Waals surface area contributed by atoms with Gasteiger partial charge in [0.15, 0.2) is 0 Å². The fourth-order valence-corrected chi connectivity index (χ4v) is 3.52. The number of amides is 2. The van der Waals surface area contributed by atoms with E-state index in [0.29, 0.717) is 18.8 Å². The van der Waals surface area contributed by atoms with Gasteiger partial charge in [0.2, 0.25) is 5.91 Å². The molecule has 0 unspecified atom stereocenters. The molecule has 0 bridgehead atoms. The van der Waals surface area contributed by atoms with Gasteiger partial charge in [0.1, 0.15) is 11.6 Å². The van der Waals surface area contributed by atoms with E-state index in [4.69, 9.17) is 5.73 Å². The zero-order valence-electron chi connectivity index (χ0n) is 18.0. The van der Waals surface area contributed by atoms with E-state index in [0.717, 1.165) is 43.0 Å². The summed E-state index contributed by atoms with van der Waals surface area (Å²) in [6.45, 7) is 4.71. The molecule has 2 amide bonds. The van der Waals surface area contributed by atoms with Gasteiger partial charge in [0, 0.05) is 36.3 Å². The maximum absolute atomic E-state index is 13.7. The Morgan fingerprint density at radius 1 is 1.13 bits per heavy atom. The minimum atomic E-state index is -0.804. The number of hydrogen-bond donors (Lipinski definition) is 2. The molecule has 1 saturated carbocycles. The van der Waals surface area contributed by atoms with E-state index in [1.54, 1.807) is 6.07 Å². The van der Waals surface area contributed by atoms with Gasteiger partial charge in [-0.1, -0.05) is 32.4 Å². The van der Waals surface area contributed by atoms with Crippen molar-refractivity contribution in [3.8, 4) is 0 Å². The maximum atomic E-state index is 13.7. The summed E-state index contributed by atoms with van der Waals surface area (Å²) in [5.74, 6) is -2.01. The minimum Gasteiger partial charge on any atom is -0.334 e. The Hall–Kier alpha value is -2.80. The summed E-state index contributed by atoms with van der Waals surface area (Å²) in [6, 6.07) is 10.1. The molecular weight excluding hydrogens is 400 g/mol. The number of halogens is 2.